The molecule has 0 bridgehead atoms. The molecule has 0 saturated carbocycles. The predicted molar refractivity (Wildman–Crippen MR) is 97.5 cm³/mol. The van der Waals surface area contributed by atoms with Crippen LogP contribution in [0.5, 0.6) is 5.88 Å². The number of likely N-dealkylation sites (tertiary alicyclic amines) is 1. The van der Waals surface area contributed by atoms with E-state index in [1.54, 1.807) is 34.1 Å². The molecule has 1 saturated heterocycles. The number of ether oxygens (including phenoxy) is 1. The molecular formula is C20H17N5O2. The van der Waals surface area contributed by atoms with E-state index in [0.717, 1.165) is 12.1 Å². The first-order valence-corrected chi connectivity index (χ1v) is 8.65. The van der Waals surface area contributed by atoms with Crippen LogP contribution in [0.4, 0.5) is 0 Å². The Balaban J connectivity index is 1.43. The fourth-order valence-corrected chi connectivity index (χ4v) is 3.11. The SMILES string of the molecule is N#Cc1ccnc(OC2CCN(C(=O)c3cccc(-n4cccn4)c3)C2)c1. The maximum absolute atomic E-state index is 12.8. The second-order valence-electron chi connectivity index (χ2n) is 6.28. The van der Waals surface area contributed by atoms with Gasteiger partial charge in [-0.15, -0.1) is 0 Å². The van der Waals surface area contributed by atoms with E-state index in [9.17, 15) is 4.79 Å². The molecule has 0 N–H and O–H groups in total. The Morgan fingerprint density at radius 1 is 1.22 bits per heavy atom. The van der Waals surface area contributed by atoms with Crippen molar-refractivity contribution in [2.75, 3.05) is 13.1 Å². The van der Waals surface area contributed by atoms with Gasteiger partial charge in [-0.25, -0.2) is 9.67 Å². The first-order chi connectivity index (χ1) is 13.2. The fraction of sp³-hybridized carbons (Fsp3) is 0.200. The Morgan fingerprint density at radius 2 is 2.15 bits per heavy atom. The lowest BCUT2D eigenvalue weighted by Gasteiger charge is -2.17. The molecule has 3 heterocycles. The van der Waals surface area contributed by atoms with Crippen molar-refractivity contribution < 1.29 is 9.53 Å². The van der Waals surface area contributed by atoms with Gasteiger partial charge in [-0.1, -0.05) is 6.07 Å². The maximum atomic E-state index is 12.8. The standard InChI is InChI=1S/C20H17N5O2/c21-13-15-5-8-22-19(11-15)27-18-6-10-24(14-18)20(26)16-3-1-4-17(12-16)25-9-2-7-23-25/h1-5,7-9,11-12,18H,6,10,14H2. The lowest BCUT2D eigenvalue weighted by molar-refractivity contribution is 0.0771. The number of benzene rings is 1. The van der Waals surface area contributed by atoms with Crippen LogP contribution >= 0.6 is 0 Å². The maximum Gasteiger partial charge on any atom is 0.254 e. The summed E-state index contributed by atoms with van der Waals surface area (Å²) in [6, 6.07) is 14.5. The minimum absolute atomic E-state index is 0.0335. The molecule has 1 aliphatic heterocycles. The zero-order valence-corrected chi connectivity index (χ0v) is 14.5. The highest BCUT2D eigenvalue weighted by Crippen LogP contribution is 2.20. The summed E-state index contributed by atoms with van der Waals surface area (Å²) in [5.41, 5.74) is 1.96. The third-order valence-electron chi connectivity index (χ3n) is 4.45. The summed E-state index contributed by atoms with van der Waals surface area (Å²) in [5.74, 6) is 0.378. The first kappa shape index (κ1) is 16.8. The molecule has 1 fully saturated rings. The summed E-state index contributed by atoms with van der Waals surface area (Å²) in [6.45, 7) is 1.11. The van der Waals surface area contributed by atoms with Crippen molar-refractivity contribution in [1.29, 1.82) is 5.26 Å². The number of amides is 1. The number of carbonyl (C=O) groups excluding carboxylic acids is 1. The summed E-state index contributed by atoms with van der Waals surface area (Å²) in [7, 11) is 0. The smallest absolute Gasteiger partial charge is 0.254 e. The normalized spacial score (nSPS) is 16.1. The van der Waals surface area contributed by atoms with Gasteiger partial charge in [-0.05, 0) is 30.3 Å². The molecule has 1 atom stereocenters. The van der Waals surface area contributed by atoms with Crippen molar-refractivity contribution in [3.63, 3.8) is 0 Å². The van der Waals surface area contributed by atoms with E-state index in [4.69, 9.17) is 10.00 Å². The van der Waals surface area contributed by atoms with Gasteiger partial charge in [-0.2, -0.15) is 10.4 Å². The van der Waals surface area contributed by atoms with Crippen LogP contribution in [0, 0.1) is 11.3 Å². The number of nitriles is 1. The molecule has 0 spiro atoms. The van der Waals surface area contributed by atoms with Crippen molar-refractivity contribution in [2.45, 2.75) is 12.5 Å². The Morgan fingerprint density at radius 3 is 2.96 bits per heavy atom. The second-order valence-corrected chi connectivity index (χ2v) is 6.28. The zero-order valence-electron chi connectivity index (χ0n) is 14.5. The number of aromatic nitrogens is 3. The molecule has 134 valence electrons. The van der Waals surface area contributed by atoms with Crippen molar-refractivity contribution in [1.82, 2.24) is 19.7 Å². The molecule has 1 aromatic carbocycles. The molecule has 0 aliphatic carbocycles. The van der Waals surface area contributed by atoms with Gasteiger partial charge in [0.25, 0.3) is 5.91 Å². The van der Waals surface area contributed by atoms with E-state index in [1.807, 2.05) is 36.5 Å². The molecular weight excluding hydrogens is 342 g/mol. The number of carbonyl (C=O) groups is 1. The highest BCUT2D eigenvalue weighted by atomic mass is 16.5. The molecule has 7 heteroatoms. The second kappa shape index (κ2) is 7.30. The minimum Gasteiger partial charge on any atom is -0.472 e. The molecule has 0 radical (unpaired) electrons. The van der Waals surface area contributed by atoms with E-state index in [1.165, 1.54) is 0 Å². The number of hydrogen-bond donors (Lipinski definition) is 0. The van der Waals surface area contributed by atoms with Crippen LogP contribution in [0.15, 0.2) is 61.1 Å². The van der Waals surface area contributed by atoms with E-state index in [2.05, 4.69) is 16.2 Å². The van der Waals surface area contributed by atoms with E-state index in [0.29, 0.717) is 30.1 Å². The third kappa shape index (κ3) is 3.65. The van der Waals surface area contributed by atoms with Crippen LogP contribution in [0.3, 0.4) is 0 Å². The van der Waals surface area contributed by atoms with Crippen LogP contribution in [0.2, 0.25) is 0 Å². The summed E-state index contributed by atoms with van der Waals surface area (Å²) in [4.78, 5) is 18.8. The Labute approximate surface area is 156 Å². The molecule has 4 rings (SSSR count). The van der Waals surface area contributed by atoms with Crippen LogP contribution in [0.25, 0.3) is 5.69 Å². The van der Waals surface area contributed by atoms with Gasteiger partial charge in [0.1, 0.15) is 6.10 Å². The third-order valence-corrected chi connectivity index (χ3v) is 4.45. The van der Waals surface area contributed by atoms with E-state index >= 15 is 0 Å². The van der Waals surface area contributed by atoms with Crippen molar-refractivity contribution in [2.24, 2.45) is 0 Å². The van der Waals surface area contributed by atoms with Crippen LogP contribution in [0.1, 0.15) is 22.3 Å². The predicted octanol–water partition coefficient (Wildman–Crippen LogP) is 2.43. The summed E-state index contributed by atoms with van der Waals surface area (Å²) in [5, 5.41) is 13.2. The number of pyridine rings is 1. The van der Waals surface area contributed by atoms with Gasteiger partial charge in [-0.3, -0.25) is 4.79 Å². The van der Waals surface area contributed by atoms with Crippen molar-refractivity contribution in [3.05, 3.63) is 72.2 Å². The van der Waals surface area contributed by atoms with E-state index in [-0.39, 0.29) is 12.0 Å². The molecule has 1 aliphatic rings. The van der Waals surface area contributed by atoms with Gasteiger partial charge in [0.15, 0.2) is 0 Å². The van der Waals surface area contributed by atoms with Gasteiger partial charge < -0.3 is 9.64 Å². The average Bonchev–Trinajstić information content (AvgIpc) is 3.40. The molecule has 2 aromatic heterocycles. The lowest BCUT2D eigenvalue weighted by Crippen LogP contribution is -2.31. The number of nitrogens with zero attached hydrogens (tertiary/aromatic N) is 5. The molecule has 1 amide bonds. The van der Waals surface area contributed by atoms with Gasteiger partial charge in [0, 0.05) is 43.2 Å². The Hall–Kier alpha value is -3.66. The molecule has 7 nitrogen and oxygen atoms in total. The highest BCUT2D eigenvalue weighted by Gasteiger charge is 2.28. The van der Waals surface area contributed by atoms with Gasteiger partial charge in [0.05, 0.1) is 23.9 Å². The minimum atomic E-state index is -0.135. The molecule has 3 aromatic rings. The average molecular weight is 359 g/mol. The fourth-order valence-electron chi connectivity index (χ4n) is 3.11. The van der Waals surface area contributed by atoms with Crippen LogP contribution in [-0.4, -0.2) is 44.8 Å². The number of rotatable bonds is 4. The monoisotopic (exact) mass is 359 g/mol. The van der Waals surface area contributed by atoms with Gasteiger partial charge >= 0.3 is 0 Å². The van der Waals surface area contributed by atoms with Crippen molar-refractivity contribution >= 4 is 5.91 Å². The highest BCUT2D eigenvalue weighted by molar-refractivity contribution is 5.95. The van der Waals surface area contributed by atoms with E-state index < -0.39 is 0 Å². The van der Waals surface area contributed by atoms with Crippen LogP contribution in [-0.2, 0) is 0 Å². The Kier molecular flexibility index (Phi) is 4.54. The van der Waals surface area contributed by atoms with Crippen LogP contribution < -0.4 is 4.74 Å². The first-order valence-electron chi connectivity index (χ1n) is 8.65. The van der Waals surface area contributed by atoms with Crippen molar-refractivity contribution in [3.8, 4) is 17.6 Å². The Bertz CT molecular complexity index is 994. The largest absolute Gasteiger partial charge is 0.472 e. The number of hydrogen-bond acceptors (Lipinski definition) is 5. The lowest BCUT2D eigenvalue weighted by atomic mass is 10.2. The molecule has 27 heavy (non-hydrogen) atoms. The quantitative estimate of drug-likeness (QED) is 0.714. The van der Waals surface area contributed by atoms with Gasteiger partial charge in [0.2, 0.25) is 5.88 Å². The summed E-state index contributed by atoms with van der Waals surface area (Å²) < 4.78 is 7.57. The summed E-state index contributed by atoms with van der Waals surface area (Å²) in [6.07, 6.45) is 5.68. The zero-order chi connectivity index (χ0) is 18.6. The summed E-state index contributed by atoms with van der Waals surface area (Å²) >= 11 is 0. The molecule has 1 unspecified atom stereocenters. The topological polar surface area (TPSA) is 84.0 Å².